The zero-order valence-corrected chi connectivity index (χ0v) is 8.24. The molecular weight excluding hydrogens is 199 g/mol. The molecule has 5 nitrogen and oxygen atoms in total. The minimum Gasteiger partial charge on any atom is -0.460 e. The Labute approximate surface area is 86.9 Å². The SMILES string of the molecule is Nc1nc(OC2CCNCC2)ncc1F. The van der Waals surface area contributed by atoms with E-state index in [0.29, 0.717) is 0 Å². The van der Waals surface area contributed by atoms with Crippen LogP contribution in [0, 0.1) is 5.82 Å². The number of hydrogen-bond acceptors (Lipinski definition) is 5. The fraction of sp³-hybridized carbons (Fsp3) is 0.556. The average Bonchev–Trinajstić information content (AvgIpc) is 2.25. The molecule has 1 aromatic heterocycles. The molecule has 0 aromatic carbocycles. The molecule has 2 rings (SSSR count). The lowest BCUT2D eigenvalue weighted by Gasteiger charge is -2.22. The van der Waals surface area contributed by atoms with Crippen LogP contribution in [-0.4, -0.2) is 29.2 Å². The second kappa shape index (κ2) is 4.39. The zero-order chi connectivity index (χ0) is 10.7. The number of aromatic nitrogens is 2. The van der Waals surface area contributed by atoms with Crippen LogP contribution in [0.2, 0.25) is 0 Å². The van der Waals surface area contributed by atoms with Crippen LogP contribution in [0.3, 0.4) is 0 Å². The van der Waals surface area contributed by atoms with E-state index < -0.39 is 5.82 Å². The highest BCUT2D eigenvalue weighted by Crippen LogP contribution is 2.14. The first-order valence-electron chi connectivity index (χ1n) is 4.91. The summed E-state index contributed by atoms with van der Waals surface area (Å²) in [6, 6.07) is 0.154. The van der Waals surface area contributed by atoms with Crippen LogP contribution in [-0.2, 0) is 0 Å². The second-order valence-corrected chi connectivity index (χ2v) is 3.45. The zero-order valence-electron chi connectivity index (χ0n) is 8.24. The number of hydrogen-bond donors (Lipinski definition) is 2. The lowest BCUT2D eigenvalue weighted by Crippen LogP contribution is -2.34. The predicted molar refractivity (Wildman–Crippen MR) is 52.9 cm³/mol. The lowest BCUT2D eigenvalue weighted by atomic mass is 10.1. The van der Waals surface area contributed by atoms with Gasteiger partial charge in [-0.2, -0.15) is 4.98 Å². The Hall–Kier alpha value is -1.43. The fourth-order valence-electron chi connectivity index (χ4n) is 1.48. The highest BCUT2D eigenvalue weighted by atomic mass is 19.1. The van der Waals surface area contributed by atoms with Crippen molar-refractivity contribution in [3.63, 3.8) is 0 Å². The molecule has 1 aliphatic rings. The van der Waals surface area contributed by atoms with Gasteiger partial charge in [-0.05, 0) is 25.9 Å². The fourth-order valence-corrected chi connectivity index (χ4v) is 1.48. The summed E-state index contributed by atoms with van der Waals surface area (Å²) in [5.74, 6) is -0.790. The Morgan fingerprint density at radius 1 is 1.47 bits per heavy atom. The van der Waals surface area contributed by atoms with Gasteiger partial charge in [0.15, 0.2) is 11.6 Å². The summed E-state index contributed by atoms with van der Waals surface area (Å²) in [5, 5.41) is 3.22. The molecule has 2 heterocycles. The van der Waals surface area contributed by atoms with Crippen molar-refractivity contribution in [2.24, 2.45) is 0 Å². The first-order valence-corrected chi connectivity index (χ1v) is 4.91. The molecule has 1 aromatic rings. The van der Waals surface area contributed by atoms with Crippen molar-refractivity contribution in [1.29, 1.82) is 0 Å². The van der Waals surface area contributed by atoms with E-state index >= 15 is 0 Å². The molecule has 6 heteroatoms. The van der Waals surface area contributed by atoms with Crippen molar-refractivity contribution < 1.29 is 9.13 Å². The molecule has 0 bridgehead atoms. The van der Waals surface area contributed by atoms with Crippen molar-refractivity contribution >= 4 is 5.82 Å². The Morgan fingerprint density at radius 3 is 2.87 bits per heavy atom. The van der Waals surface area contributed by atoms with Gasteiger partial charge < -0.3 is 15.8 Å². The highest BCUT2D eigenvalue weighted by Gasteiger charge is 2.16. The number of nitrogens with one attached hydrogen (secondary N) is 1. The van der Waals surface area contributed by atoms with Gasteiger partial charge in [0.05, 0.1) is 6.20 Å². The molecule has 0 amide bonds. The summed E-state index contributed by atoms with van der Waals surface area (Å²) in [4.78, 5) is 7.44. The number of piperidine rings is 1. The summed E-state index contributed by atoms with van der Waals surface area (Å²) < 4.78 is 18.2. The van der Waals surface area contributed by atoms with Crippen LogP contribution in [0.4, 0.5) is 10.2 Å². The predicted octanol–water partition coefficient (Wildman–Crippen LogP) is 0.329. The van der Waals surface area contributed by atoms with E-state index in [-0.39, 0.29) is 17.9 Å². The van der Waals surface area contributed by atoms with E-state index in [1.54, 1.807) is 0 Å². The van der Waals surface area contributed by atoms with E-state index in [0.717, 1.165) is 32.1 Å². The third-order valence-electron chi connectivity index (χ3n) is 2.31. The van der Waals surface area contributed by atoms with Gasteiger partial charge in [0.1, 0.15) is 6.10 Å². The lowest BCUT2D eigenvalue weighted by molar-refractivity contribution is 0.148. The molecule has 1 fully saturated rings. The number of halogens is 1. The highest BCUT2D eigenvalue weighted by molar-refractivity contribution is 5.29. The van der Waals surface area contributed by atoms with Crippen LogP contribution < -0.4 is 15.8 Å². The molecule has 82 valence electrons. The van der Waals surface area contributed by atoms with Gasteiger partial charge in [-0.3, -0.25) is 0 Å². The number of anilines is 1. The minimum atomic E-state index is -0.618. The number of nitrogens with zero attached hydrogens (tertiary/aromatic N) is 2. The van der Waals surface area contributed by atoms with Gasteiger partial charge in [-0.15, -0.1) is 0 Å². The second-order valence-electron chi connectivity index (χ2n) is 3.45. The summed E-state index contributed by atoms with van der Waals surface area (Å²) in [6.07, 6.45) is 2.93. The van der Waals surface area contributed by atoms with E-state index in [2.05, 4.69) is 15.3 Å². The number of rotatable bonds is 2. The molecule has 0 spiro atoms. The van der Waals surface area contributed by atoms with E-state index in [4.69, 9.17) is 10.5 Å². The Balaban J connectivity index is 2.00. The van der Waals surface area contributed by atoms with Crippen molar-refractivity contribution in [1.82, 2.24) is 15.3 Å². The molecule has 1 aliphatic heterocycles. The largest absolute Gasteiger partial charge is 0.460 e. The molecule has 0 radical (unpaired) electrons. The quantitative estimate of drug-likeness (QED) is 0.739. The van der Waals surface area contributed by atoms with Gasteiger partial charge in [-0.1, -0.05) is 0 Å². The van der Waals surface area contributed by atoms with Crippen LogP contribution in [0.15, 0.2) is 6.20 Å². The maximum Gasteiger partial charge on any atom is 0.318 e. The smallest absolute Gasteiger partial charge is 0.318 e. The van der Waals surface area contributed by atoms with Gasteiger partial charge in [0.25, 0.3) is 0 Å². The number of ether oxygens (including phenoxy) is 1. The first kappa shape index (κ1) is 10.1. The molecule has 3 N–H and O–H groups in total. The summed E-state index contributed by atoms with van der Waals surface area (Å²) >= 11 is 0. The molecule has 0 saturated carbocycles. The summed E-state index contributed by atoms with van der Waals surface area (Å²) in [5.41, 5.74) is 5.31. The van der Waals surface area contributed by atoms with E-state index in [9.17, 15) is 4.39 Å². The Kier molecular flexibility index (Phi) is 2.96. The van der Waals surface area contributed by atoms with Crippen LogP contribution in [0.25, 0.3) is 0 Å². The van der Waals surface area contributed by atoms with Crippen molar-refractivity contribution in [2.45, 2.75) is 18.9 Å². The first-order chi connectivity index (χ1) is 7.25. The molecule has 1 saturated heterocycles. The maximum atomic E-state index is 12.8. The van der Waals surface area contributed by atoms with Crippen molar-refractivity contribution in [2.75, 3.05) is 18.8 Å². The Morgan fingerprint density at radius 2 is 2.20 bits per heavy atom. The topological polar surface area (TPSA) is 73.1 Å². The van der Waals surface area contributed by atoms with Gasteiger partial charge in [-0.25, -0.2) is 9.37 Å². The van der Waals surface area contributed by atoms with E-state index in [1.807, 2.05) is 0 Å². The third kappa shape index (κ3) is 2.53. The van der Waals surface area contributed by atoms with Gasteiger partial charge >= 0.3 is 6.01 Å². The molecular formula is C9H13FN4O. The molecule has 15 heavy (non-hydrogen) atoms. The number of nitrogen functional groups attached to an aromatic ring is 1. The van der Waals surface area contributed by atoms with Gasteiger partial charge in [0, 0.05) is 0 Å². The minimum absolute atomic E-state index is 0.0936. The van der Waals surface area contributed by atoms with Gasteiger partial charge in [0.2, 0.25) is 0 Å². The maximum absolute atomic E-state index is 12.8. The molecule has 0 unspecified atom stereocenters. The standard InChI is InChI=1S/C9H13FN4O/c10-7-5-13-9(14-8(7)11)15-6-1-3-12-4-2-6/h5-6,12H,1-4H2,(H2,11,13,14). The monoisotopic (exact) mass is 212 g/mol. The van der Waals surface area contributed by atoms with Crippen LogP contribution in [0.1, 0.15) is 12.8 Å². The summed E-state index contributed by atoms with van der Waals surface area (Å²) in [7, 11) is 0. The van der Waals surface area contributed by atoms with Crippen molar-refractivity contribution in [3.05, 3.63) is 12.0 Å². The van der Waals surface area contributed by atoms with E-state index in [1.165, 1.54) is 0 Å². The molecule has 0 atom stereocenters. The average molecular weight is 212 g/mol. The van der Waals surface area contributed by atoms with Crippen molar-refractivity contribution in [3.8, 4) is 6.01 Å². The van der Waals surface area contributed by atoms with Crippen LogP contribution in [0.5, 0.6) is 6.01 Å². The Bertz CT molecular complexity index is 341. The van der Waals surface area contributed by atoms with Crippen LogP contribution >= 0.6 is 0 Å². The molecule has 0 aliphatic carbocycles. The normalized spacial score (nSPS) is 17.7. The summed E-state index contributed by atoms with van der Waals surface area (Å²) in [6.45, 7) is 1.84. The number of nitrogens with two attached hydrogens (primary N) is 1. The third-order valence-corrected chi connectivity index (χ3v) is 2.31.